The van der Waals surface area contributed by atoms with Crippen LogP contribution in [0.4, 0.5) is 24.5 Å². The number of amides is 1. The molecule has 1 atom stereocenters. The number of carbonyl (C=O) groups is 1. The van der Waals surface area contributed by atoms with Crippen LogP contribution in [0.2, 0.25) is 0 Å². The molecule has 2 rings (SSSR count). The molecule has 2 aromatic rings. The van der Waals surface area contributed by atoms with E-state index in [4.69, 9.17) is 0 Å². The van der Waals surface area contributed by atoms with Crippen molar-refractivity contribution in [2.45, 2.75) is 19.4 Å². The summed E-state index contributed by atoms with van der Waals surface area (Å²) in [6.07, 6.45) is 0.976. The minimum atomic E-state index is -3.90. The maximum Gasteiger partial charge on any atom is 0.248 e. The molecule has 0 radical (unpaired) electrons. The number of rotatable bonds is 6. The summed E-state index contributed by atoms with van der Waals surface area (Å²) in [4.78, 5) is 12.6. The topological polar surface area (TPSA) is 66.5 Å². The van der Waals surface area contributed by atoms with Crippen molar-refractivity contribution < 1.29 is 26.4 Å². The van der Waals surface area contributed by atoms with Crippen molar-refractivity contribution in [3.8, 4) is 0 Å². The van der Waals surface area contributed by atoms with Gasteiger partial charge in [0.1, 0.15) is 23.5 Å². The predicted octanol–water partition coefficient (Wildman–Crippen LogP) is 3.29. The van der Waals surface area contributed by atoms with Crippen LogP contribution >= 0.6 is 0 Å². The van der Waals surface area contributed by atoms with Crippen LogP contribution in [-0.2, 0) is 14.8 Å². The summed E-state index contributed by atoms with van der Waals surface area (Å²) < 4.78 is 65.1. The molecule has 26 heavy (non-hydrogen) atoms. The van der Waals surface area contributed by atoms with E-state index in [2.05, 4.69) is 5.32 Å². The summed E-state index contributed by atoms with van der Waals surface area (Å²) in [5.74, 6) is -3.15. The van der Waals surface area contributed by atoms with Gasteiger partial charge < -0.3 is 5.32 Å². The van der Waals surface area contributed by atoms with Gasteiger partial charge in [-0.3, -0.25) is 9.10 Å². The van der Waals surface area contributed by atoms with Gasteiger partial charge in [0, 0.05) is 6.07 Å². The Hall–Kier alpha value is -2.55. The smallest absolute Gasteiger partial charge is 0.248 e. The second-order valence-electron chi connectivity index (χ2n) is 5.57. The second kappa shape index (κ2) is 7.77. The van der Waals surface area contributed by atoms with Crippen molar-refractivity contribution >= 4 is 27.3 Å². The Bertz CT molecular complexity index is 902. The Kier molecular flexibility index (Phi) is 5.91. The summed E-state index contributed by atoms with van der Waals surface area (Å²) in [6, 6.07) is 5.99. The Morgan fingerprint density at radius 2 is 1.65 bits per heavy atom. The molecule has 0 aliphatic heterocycles. The van der Waals surface area contributed by atoms with E-state index in [0.717, 1.165) is 34.8 Å². The molecule has 9 heteroatoms. The lowest BCUT2D eigenvalue weighted by Gasteiger charge is -2.30. The van der Waals surface area contributed by atoms with Crippen LogP contribution in [0, 0.1) is 17.5 Å². The lowest BCUT2D eigenvalue weighted by molar-refractivity contribution is -0.117. The van der Waals surface area contributed by atoms with Crippen molar-refractivity contribution in [1.29, 1.82) is 0 Å². The lowest BCUT2D eigenvalue weighted by Crippen LogP contribution is -2.47. The third kappa shape index (κ3) is 4.54. The number of nitrogens with zero attached hydrogens (tertiary/aromatic N) is 1. The molecule has 0 bridgehead atoms. The second-order valence-corrected chi connectivity index (χ2v) is 7.43. The molecule has 2 aromatic carbocycles. The number of hydrogen-bond donors (Lipinski definition) is 1. The molecule has 0 saturated heterocycles. The highest BCUT2D eigenvalue weighted by molar-refractivity contribution is 7.92. The number of hydrogen-bond acceptors (Lipinski definition) is 3. The Balaban J connectivity index is 2.38. The third-order valence-electron chi connectivity index (χ3n) is 3.60. The van der Waals surface area contributed by atoms with Crippen LogP contribution in [0.3, 0.4) is 0 Å². The predicted molar refractivity (Wildman–Crippen MR) is 92.8 cm³/mol. The van der Waals surface area contributed by atoms with Gasteiger partial charge in [-0.25, -0.2) is 21.6 Å². The van der Waals surface area contributed by atoms with Gasteiger partial charge >= 0.3 is 0 Å². The highest BCUT2D eigenvalue weighted by Crippen LogP contribution is 2.24. The molecule has 0 aliphatic carbocycles. The zero-order valence-electron chi connectivity index (χ0n) is 14.0. The van der Waals surface area contributed by atoms with Crippen molar-refractivity contribution in [3.05, 3.63) is 59.9 Å². The van der Waals surface area contributed by atoms with Gasteiger partial charge in [-0.2, -0.15) is 0 Å². The molecule has 0 saturated carbocycles. The van der Waals surface area contributed by atoms with Gasteiger partial charge in [-0.15, -0.1) is 0 Å². The Morgan fingerprint density at radius 1 is 1.08 bits per heavy atom. The number of sulfonamides is 1. The fourth-order valence-corrected chi connectivity index (χ4v) is 3.67. The fraction of sp³-hybridized carbons (Fsp3) is 0.235. The number of anilines is 2. The SMILES string of the molecule is CCC(C(=O)Nc1ccc(F)cc1F)N(c1ccc(F)cc1)S(C)(=O)=O. The minimum absolute atomic E-state index is 0.0685. The van der Waals surface area contributed by atoms with E-state index < -0.39 is 39.4 Å². The first-order valence-corrected chi connectivity index (χ1v) is 9.49. The maximum atomic E-state index is 13.8. The molecular weight excluding hydrogens is 369 g/mol. The Labute approximate surface area is 149 Å². The summed E-state index contributed by atoms with van der Waals surface area (Å²) >= 11 is 0. The molecule has 1 unspecified atom stereocenters. The fourth-order valence-electron chi connectivity index (χ4n) is 2.46. The van der Waals surface area contributed by atoms with Crippen LogP contribution in [0.25, 0.3) is 0 Å². The van der Waals surface area contributed by atoms with E-state index in [0.29, 0.717) is 6.07 Å². The quantitative estimate of drug-likeness (QED) is 0.829. The van der Waals surface area contributed by atoms with Crippen molar-refractivity contribution in [3.63, 3.8) is 0 Å². The van der Waals surface area contributed by atoms with Crippen molar-refractivity contribution in [2.75, 3.05) is 15.9 Å². The molecule has 5 nitrogen and oxygen atoms in total. The van der Waals surface area contributed by atoms with Gasteiger partial charge in [0.15, 0.2) is 0 Å². The number of benzene rings is 2. The van der Waals surface area contributed by atoms with Crippen LogP contribution in [0.1, 0.15) is 13.3 Å². The van der Waals surface area contributed by atoms with E-state index in [1.165, 1.54) is 12.1 Å². The summed E-state index contributed by atoms with van der Waals surface area (Å²) in [5, 5.41) is 2.26. The minimum Gasteiger partial charge on any atom is -0.322 e. The highest BCUT2D eigenvalue weighted by atomic mass is 32.2. The molecule has 0 spiro atoms. The van der Waals surface area contributed by atoms with Crippen LogP contribution < -0.4 is 9.62 Å². The normalized spacial score (nSPS) is 12.5. The molecule has 0 fully saturated rings. The van der Waals surface area contributed by atoms with Crippen LogP contribution in [-0.4, -0.2) is 26.6 Å². The van der Waals surface area contributed by atoms with Gasteiger partial charge in [-0.05, 0) is 42.8 Å². The molecule has 0 aliphatic rings. The largest absolute Gasteiger partial charge is 0.322 e. The molecule has 0 heterocycles. The first-order chi connectivity index (χ1) is 12.1. The number of nitrogens with one attached hydrogen (secondary N) is 1. The van der Waals surface area contributed by atoms with E-state index in [1.54, 1.807) is 6.92 Å². The molecule has 0 aromatic heterocycles. The standard InChI is InChI=1S/C17H17F3N2O3S/c1-3-16(17(23)21-15-9-6-12(19)10-14(15)20)22(26(2,24)25)13-7-4-11(18)5-8-13/h4-10,16H,3H2,1-2H3,(H,21,23). The average Bonchev–Trinajstić information content (AvgIpc) is 2.55. The number of carbonyl (C=O) groups excluding carboxylic acids is 1. The summed E-state index contributed by atoms with van der Waals surface area (Å²) in [5.41, 5.74) is -0.183. The van der Waals surface area contributed by atoms with Crippen LogP contribution in [0.15, 0.2) is 42.5 Å². The zero-order chi connectivity index (χ0) is 19.5. The molecule has 1 amide bonds. The maximum absolute atomic E-state index is 13.8. The van der Waals surface area contributed by atoms with Gasteiger partial charge in [0.2, 0.25) is 15.9 Å². The average molecular weight is 386 g/mol. The first kappa shape index (κ1) is 19.8. The first-order valence-electron chi connectivity index (χ1n) is 7.64. The third-order valence-corrected chi connectivity index (χ3v) is 4.78. The van der Waals surface area contributed by atoms with E-state index in [-0.39, 0.29) is 17.8 Å². The van der Waals surface area contributed by atoms with Crippen molar-refractivity contribution in [2.24, 2.45) is 0 Å². The van der Waals surface area contributed by atoms with E-state index in [1.807, 2.05) is 0 Å². The molecular formula is C17H17F3N2O3S. The van der Waals surface area contributed by atoms with E-state index >= 15 is 0 Å². The molecule has 1 N–H and O–H groups in total. The molecule has 140 valence electrons. The summed E-state index contributed by atoms with van der Waals surface area (Å²) in [6.45, 7) is 1.58. The lowest BCUT2D eigenvalue weighted by atomic mass is 10.1. The van der Waals surface area contributed by atoms with Gasteiger partial charge in [0.25, 0.3) is 0 Å². The Morgan fingerprint density at radius 3 is 2.15 bits per heavy atom. The van der Waals surface area contributed by atoms with Crippen molar-refractivity contribution in [1.82, 2.24) is 0 Å². The monoisotopic (exact) mass is 386 g/mol. The van der Waals surface area contributed by atoms with Gasteiger partial charge in [0.05, 0.1) is 17.6 Å². The summed E-state index contributed by atoms with van der Waals surface area (Å²) in [7, 11) is -3.90. The van der Waals surface area contributed by atoms with E-state index in [9.17, 15) is 26.4 Å². The van der Waals surface area contributed by atoms with Gasteiger partial charge in [-0.1, -0.05) is 6.92 Å². The zero-order valence-corrected chi connectivity index (χ0v) is 14.9. The number of halogens is 3. The van der Waals surface area contributed by atoms with Crippen LogP contribution in [0.5, 0.6) is 0 Å². The highest BCUT2D eigenvalue weighted by Gasteiger charge is 2.31.